The number of esters is 1. The zero-order valence-corrected chi connectivity index (χ0v) is 14.3. The first-order valence-corrected chi connectivity index (χ1v) is 8.52. The minimum Gasteiger partial charge on any atom is -0.465 e. The van der Waals surface area contributed by atoms with Gasteiger partial charge in [0.05, 0.1) is 12.7 Å². The molecule has 128 valence electrons. The van der Waals surface area contributed by atoms with E-state index in [9.17, 15) is 9.59 Å². The highest BCUT2D eigenvalue weighted by Gasteiger charge is 2.18. The minimum atomic E-state index is -0.421. The van der Waals surface area contributed by atoms with Crippen molar-refractivity contribution in [3.63, 3.8) is 0 Å². The number of aromatic nitrogens is 1. The first kappa shape index (κ1) is 16.7. The topological polar surface area (TPSA) is 51.5 Å². The van der Waals surface area contributed by atoms with Gasteiger partial charge >= 0.3 is 5.97 Å². The number of hydrogen-bond acceptors (Lipinski definition) is 4. The van der Waals surface area contributed by atoms with E-state index in [0.717, 1.165) is 18.4 Å². The van der Waals surface area contributed by atoms with Crippen LogP contribution in [0.3, 0.4) is 0 Å². The van der Waals surface area contributed by atoms with Crippen LogP contribution in [0.15, 0.2) is 35.3 Å². The Morgan fingerprint density at radius 2 is 2.12 bits per heavy atom. The fourth-order valence-electron chi connectivity index (χ4n) is 3.50. The lowest BCUT2D eigenvalue weighted by Crippen LogP contribution is -2.37. The fraction of sp³-hybridized carbons (Fsp3) is 0.474. The molecule has 2 aromatic rings. The first-order chi connectivity index (χ1) is 11.6. The molecule has 1 saturated heterocycles. The van der Waals surface area contributed by atoms with Crippen LogP contribution in [0.4, 0.5) is 0 Å². The molecule has 5 nitrogen and oxygen atoms in total. The van der Waals surface area contributed by atoms with E-state index in [1.165, 1.54) is 26.4 Å². The van der Waals surface area contributed by atoms with Crippen molar-refractivity contribution in [1.29, 1.82) is 0 Å². The number of ether oxygens (including phenoxy) is 1. The summed E-state index contributed by atoms with van der Waals surface area (Å²) in [6, 6.07) is 7.59. The van der Waals surface area contributed by atoms with Gasteiger partial charge in [-0.1, -0.05) is 12.5 Å². The number of rotatable bonds is 4. The molecule has 0 bridgehead atoms. The molecule has 5 heteroatoms. The molecule has 3 rings (SSSR count). The number of benzene rings is 1. The van der Waals surface area contributed by atoms with Crippen LogP contribution in [0.25, 0.3) is 10.8 Å². The van der Waals surface area contributed by atoms with E-state index < -0.39 is 5.97 Å². The summed E-state index contributed by atoms with van der Waals surface area (Å²) in [7, 11) is 3.51. The highest BCUT2D eigenvalue weighted by molar-refractivity contribution is 5.95. The molecule has 1 aliphatic rings. The van der Waals surface area contributed by atoms with Crippen molar-refractivity contribution in [2.75, 3.05) is 20.7 Å². The second kappa shape index (κ2) is 7.18. The third-order valence-corrected chi connectivity index (χ3v) is 5.02. The molecule has 0 saturated carbocycles. The quantitative estimate of drug-likeness (QED) is 0.810. The molecule has 1 aromatic heterocycles. The van der Waals surface area contributed by atoms with Gasteiger partial charge in [0, 0.05) is 24.2 Å². The average molecular weight is 328 g/mol. The number of fused-ring (bicyclic) bond motifs is 1. The third-order valence-electron chi connectivity index (χ3n) is 5.02. The minimum absolute atomic E-state index is 0.0447. The molecule has 2 heterocycles. The maximum absolute atomic E-state index is 12.7. The van der Waals surface area contributed by atoms with Crippen LogP contribution in [0.1, 0.15) is 36.0 Å². The summed E-state index contributed by atoms with van der Waals surface area (Å²) in [4.78, 5) is 26.8. The van der Waals surface area contributed by atoms with Gasteiger partial charge in [0.15, 0.2) is 0 Å². The van der Waals surface area contributed by atoms with Gasteiger partial charge < -0.3 is 14.2 Å². The number of piperidine rings is 1. The summed E-state index contributed by atoms with van der Waals surface area (Å²) in [5, 5.41) is 1.41. The molecular weight excluding hydrogens is 304 g/mol. The van der Waals surface area contributed by atoms with Crippen molar-refractivity contribution in [2.45, 2.75) is 38.3 Å². The molecule has 1 atom stereocenters. The largest absolute Gasteiger partial charge is 0.465 e. The van der Waals surface area contributed by atoms with Gasteiger partial charge in [0.2, 0.25) is 0 Å². The molecule has 1 aromatic carbocycles. The van der Waals surface area contributed by atoms with Crippen molar-refractivity contribution in [3.8, 4) is 0 Å². The average Bonchev–Trinajstić information content (AvgIpc) is 2.61. The summed E-state index contributed by atoms with van der Waals surface area (Å²) in [5.74, 6) is -0.421. The Labute approximate surface area is 141 Å². The van der Waals surface area contributed by atoms with Crippen LogP contribution in [-0.2, 0) is 11.3 Å². The Hall–Kier alpha value is -2.14. The number of carbonyl (C=O) groups is 1. The highest BCUT2D eigenvalue weighted by Crippen LogP contribution is 2.18. The van der Waals surface area contributed by atoms with E-state index in [4.69, 9.17) is 4.74 Å². The SMILES string of the molecule is COC(=O)c1ccc2ccn(CC[C@H]3CCCCN3C)c(=O)c2c1. The number of hydrogen-bond donors (Lipinski definition) is 0. The van der Waals surface area contributed by atoms with E-state index in [-0.39, 0.29) is 5.56 Å². The smallest absolute Gasteiger partial charge is 0.337 e. The van der Waals surface area contributed by atoms with Crippen LogP contribution >= 0.6 is 0 Å². The molecule has 0 N–H and O–H groups in total. The normalized spacial score (nSPS) is 18.7. The van der Waals surface area contributed by atoms with Gasteiger partial charge in [-0.3, -0.25) is 4.79 Å². The molecule has 0 amide bonds. The van der Waals surface area contributed by atoms with Crippen molar-refractivity contribution in [1.82, 2.24) is 9.47 Å². The van der Waals surface area contributed by atoms with Crippen LogP contribution < -0.4 is 5.56 Å². The van der Waals surface area contributed by atoms with Crippen LogP contribution in [0.2, 0.25) is 0 Å². The Bertz CT molecular complexity index is 797. The number of pyridine rings is 1. The summed E-state index contributed by atoms with van der Waals surface area (Å²) in [6.45, 7) is 1.84. The Kier molecular flexibility index (Phi) is 5.00. The number of aryl methyl sites for hydroxylation is 1. The Morgan fingerprint density at radius 3 is 2.88 bits per heavy atom. The van der Waals surface area contributed by atoms with Crippen LogP contribution in [-0.4, -0.2) is 42.2 Å². The summed E-state index contributed by atoms with van der Waals surface area (Å²) >= 11 is 0. The fourth-order valence-corrected chi connectivity index (χ4v) is 3.50. The Balaban J connectivity index is 1.84. The predicted molar refractivity (Wildman–Crippen MR) is 94.4 cm³/mol. The van der Waals surface area contributed by atoms with E-state index in [1.54, 1.807) is 22.8 Å². The lowest BCUT2D eigenvalue weighted by molar-refractivity contribution is 0.0601. The molecule has 1 aliphatic heterocycles. The lowest BCUT2D eigenvalue weighted by atomic mass is 10.00. The number of carbonyl (C=O) groups excluding carboxylic acids is 1. The number of nitrogens with zero attached hydrogens (tertiary/aromatic N) is 2. The van der Waals surface area contributed by atoms with Crippen molar-refractivity contribution >= 4 is 16.7 Å². The zero-order valence-electron chi connectivity index (χ0n) is 14.3. The first-order valence-electron chi connectivity index (χ1n) is 8.52. The van der Waals surface area contributed by atoms with E-state index in [1.807, 2.05) is 12.3 Å². The zero-order chi connectivity index (χ0) is 17.1. The van der Waals surface area contributed by atoms with E-state index in [0.29, 0.717) is 23.5 Å². The lowest BCUT2D eigenvalue weighted by Gasteiger charge is -2.32. The van der Waals surface area contributed by atoms with Crippen LogP contribution in [0.5, 0.6) is 0 Å². The second-order valence-electron chi connectivity index (χ2n) is 6.53. The van der Waals surface area contributed by atoms with E-state index in [2.05, 4.69) is 11.9 Å². The number of methoxy groups -OCH3 is 1. The van der Waals surface area contributed by atoms with Gasteiger partial charge in [-0.15, -0.1) is 0 Å². The Morgan fingerprint density at radius 1 is 1.29 bits per heavy atom. The molecule has 24 heavy (non-hydrogen) atoms. The maximum atomic E-state index is 12.7. The van der Waals surface area contributed by atoms with Gasteiger partial charge in [0.1, 0.15) is 0 Å². The summed E-state index contributed by atoms with van der Waals surface area (Å²) in [6.07, 6.45) is 6.55. The van der Waals surface area contributed by atoms with E-state index >= 15 is 0 Å². The molecule has 0 unspecified atom stereocenters. The van der Waals surface area contributed by atoms with Gasteiger partial charge in [-0.2, -0.15) is 0 Å². The van der Waals surface area contributed by atoms with Gasteiger partial charge in [0.25, 0.3) is 5.56 Å². The highest BCUT2D eigenvalue weighted by atomic mass is 16.5. The molecule has 0 spiro atoms. The monoisotopic (exact) mass is 328 g/mol. The van der Waals surface area contributed by atoms with Gasteiger partial charge in [-0.05, 0) is 56.4 Å². The predicted octanol–water partition coefficient (Wildman–Crippen LogP) is 2.66. The van der Waals surface area contributed by atoms with Crippen LogP contribution in [0, 0.1) is 0 Å². The van der Waals surface area contributed by atoms with Crippen molar-refractivity contribution in [3.05, 3.63) is 46.4 Å². The maximum Gasteiger partial charge on any atom is 0.337 e. The van der Waals surface area contributed by atoms with Crippen molar-refractivity contribution < 1.29 is 9.53 Å². The summed E-state index contributed by atoms with van der Waals surface area (Å²) in [5.41, 5.74) is 0.364. The third kappa shape index (κ3) is 3.36. The molecule has 0 radical (unpaired) electrons. The standard InChI is InChI=1S/C19H24N2O3/c1-20-10-4-3-5-16(20)9-12-21-11-8-14-6-7-15(19(23)24-2)13-17(14)18(21)22/h6-8,11,13,16H,3-5,9-10,12H2,1-2H3/t16-/m1/s1. The second-order valence-corrected chi connectivity index (χ2v) is 6.53. The molecule has 0 aliphatic carbocycles. The van der Waals surface area contributed by atoms with Gasteiger partial charge in [-0.25, -0.2) is 4.79 Å². The molecule has 1 fully saturated rings. The number of likely N-dealkylation sites (tertiary alicyclic amines) is 1. The molecular formula is C19H24N2O3. The van der Waals surface area contributed by atoms with Crippen molar-refractivity contribution in [2.24, 2.45) is 0 Å². The summed E-state index contributed by atoms with van der Waals surface area (Å²) < 4.78 is 6.50.